The molecule has 1 aromatic carbocycles. The number of allylic oxidation sites excluding steroid dienone is 2. The molecule has 4 nitrogen and oxygen atoms in total. The van der Waals surface area contributed by atoms with Crippen molar-refractivity contribution in [2.75, 3.05) is 0 Å². The molecule has 1 rings (SSSR count). The highest BCUT2D eigenvalue weighted by Crippen LogP contribution is 2.40. The monoisotopic (exact) mass is 268 g/mol. The highest BCUT2D eigenvalue weighted by molar-refractivity contribution is 7.50. The van der Waals surface area contributed by atoms with Gasteiger partial charge in [0.25, 0.3) is 0 Å². The van der Waals surface area contributed by atoms with Crippen LogP contribution in [-0.4, -0.2) is 14.9 Å². The van der Waals surface area contributed by atoms with Gasteiger partial charge in [-0.05, 0) is 29.5 Å². The van der Waals surface area contributed by atoms with Crippen LogP contribution in [0.5, 0.6) is 5.75 Å². The molecule has 0 saturated carbocycles. The molecule has 0 fully saturated rings. The third-order valence-electron chi connectivity index (χ3n) is 2.44. The average molecular weight is 268 g/mol. The summed E-state index contributed by atoms with van der Waals surface area (Å²) in [6, 6.07) is 3.20. The van der Waals surface area contributed by atoms with E-state index < -0.39 is 7.60 Å². The highest BCUT2D eigenvalue weighted by Gasteiger charge is 2.16. The van der Waals surface area contributed by atoms with E-state index in [1.54, 1.807) is 24.3 Å². The fourth-order valence-electron chi connectivity index (χ4n) is 1.78. The van der Waals surface area contributed by atoms with E-state index in [1.165, 1.54) is 0 Å². The maximum atomic E-state index is 11.0. The second kappa shape index (κ2) is 6.01. The van der Waals surface area contributed by atoms with E-state index in [-0.39, 0.29) is 11.9 Å². The number of hydrogen-bond acceptors (Lipinski definition) is 2. The van der Waals surface area contributed by atoms with Gasteiger partial charge in [-0.2, -0.15) is 0 Å². The minimum atomic E-state index is -4.11. The summed E-state index contributed by atoms with van der Waals surface area (Å²) in [5.41, 5.74) is 1.75. The molecule has 0 aliphatic carbocycles. The van der Waals surface area contributed by atoms with Gasteiger partial charge >= 0.3 is 7.60 Å². The zero-order chi connectivity index (χ0) is 13.8. The Balaban J connectivity index is 3.23. The predicted molar refractivity (Wildman–Crippen MR) is 71.7 cm³/mol. The second-order valence-electron chi connectivity index (χ2n) is 4.07. The van der Waals surface area contributed by atoms with Crippen molar-refractivity contribution in [3.8, 4) is 5.75 Å². The van der Waals surface area contributed by atoms with E-state index in [4.69, 9.17) is 9.79 Å². The molecule has 0 bridgehead atoms. The van der Waals surface area contributed by atoms with Crippen LogP contribution < -0.4 is 0 Å². The standard InChI is InChI=1S/C13H17O4P/c1-3-5-11-7-10(9-18(15,16)17)8-12(6-4-2)13(11)14/h3-4,7-8,14H,1-2,5-6,9H2,(H2,15,16,17). The van der Waals surface area contributed by atoms with E-state index in [1.807, 2.05) is 0 Å². The van der Waals surface area contributed by atoms with Gasteiger partial charge in [0.2, 0.25) is 0 Å². The molecule has 0 spiro atoms. The van der Waals surface area contributed by atoms with Crippen molar-refractivity contribution in [3.05, 3.63) is 54.1 Å². The molecule has 0 unspecified atom stereocenters. The van der Waals surface area contributed by atoms with Gasteiger partial charge in [-0.15, -0.1) is 13.2 Å². The Morgan fingerprint density at radius 2 is 1.56 bits per heavy atom. The highest BCUT2D eigenvalue weighted by atomic mass is 31.2. The first-order valence-electron chi connectivity index (χ1n) is 5.47. The Bertz CT molecular complexity index is 471. The van der Waals surface area contributed by atoms with Crippen molar-refractivity contribution in [1.29, 1.82) is 0 Å². The lowest BCUT2D eigenvalue weighted by molar-refractivity contribution is 0.371. The van der Waals surface area contributed by atoms with Crippen LogP contribution in [0.2, 0.25) is 0 Å². The third kappa shape index (κ3) is 4.15. The zero-order valence-corrected chi connectivity index (χ0v) is 10.9. The average Bonchev–Trinajstić information content (AvgIpc) is 2.23. The van der Waals surface area contributed by atoms with Crippen molar-refractivity contribution >= 4 is 7.60 Å². The van der Waals surface area contributed by atoms with E-state index in [0.717, 1.165) is 0 Å². The van der Waals surface area contributed by atoms with Crippen LogP contribution >= 0.6 is 7.60 Å². The summed E-state index contributed by atoms with van der Waals surface area (Å²) in [7, 11) is -4.11. The summed E-state index contributed by atoms with van der Waals surface area (Å²) >= 11 is 0. The number of benzene rings is 1. The van der Waals surface area contributed by atoms with Gasteiger partial charge in [-0.25, -0.2) is 0 Å². The molecule has 0 aliphatic heterocycles. The smallest absolute Gasteiger partial charge is 0.329 e. The summed E-state index contributed by atoms with van der Waals surface area (Å²) < 4.78 is 11.0. The molecule has 3 N–H and O–H groups in total. The second-order valence-corrected chi connectivity index (χ2v) is 5.72. The van der Waals surface area contributed by atoms with E-state index in [9.17, 15) is 9.67 Å². The Morgan fingerprint density at radius 3 is 1.89 bits per heavy atom. The van der Waals surface area contributed by atoms with Crippen molar-refractivity contribution in [2.45, 2.75) is 19.0 Å². The summed E-state index contributed by atoms with van der Waals surface area (Å²) in [5, 5.41) is 9.98. The van der Waals surface area contributed by atoms with Crippen LogP contribution in [0.3, 0.4) is 0 Å². The number of hydrogen-bond donors (Lipinski definition) is 3. The van der Waals surface area contributed by atoms with E-state index in [2.05, 4.69) is 13.2 Å². The minimum Gasteiger partial charge on any atom is -0.507 e. The topological polar surface area (TPSA) is 77.8 Å². The summed E-state index contributed by atoms with van der Waals surface area (Å²) in [6.07, 6.45) is 3.83. The maximum Gasteiger partial charge on any atom is 0.329 e. The van der Waals surface area contributed by atoms with Crippen molar-refractivity contribution in [2.24, 2.45) is 0 Å². The Hall–Kier alpha value is -1.35. The Kier molecular flexibility index (Phi) is 4.91. The first-order chi connectivity index (χ1) is 8.37. The van der Waals surface area contributed by atoms with Crippen LogP contribution in [-0.2, 0) is 23.6 Å². The molecule has 0 aliphatic rings. The molecule has 5 heteroatoms. The molecule has 0 atom stereocenters. The predicted octanol–water partition coefficient (Wildman–Crippen LogP) is 2.53. The molecule has 0 saturated heterocycles. The van der Waals surface area contributed by atoms with E-state index in [0.29, 0.717) is 29.5 Å². The fourth-order valence-corrected chi connectivity index (χ4v) is 2.44. The van der Waals surface area contributed by atoms with Crippen molar-refractivity contribution in [3.63, 3.8) is 0 Å². The molecule has 98 valence electrons. The third-order valence-corrected chi connectivity index (χ3v) is 3.22. The van der Waals surface area contributed by atoms with Gasteiger partial charge in [0.05, 0.1) is 6.16 Å². The zero-order valence-electron chi connectivity index (χ0n) is 10.0. The number of phenolic OH excluding ortho intramolecular Hbond substituents is 1. The van der Waals surface area contributed by atoms with Gasteiger partial charge in [0.1, 0.15) is 5.75 Å². The first-order valence-corrected chi connectivity index (χ1v) is 7.27. The summed E-state index contributed by atoms with van der Waals surface area (Å²) in [6.45, 7) is 7.18. The van der Waals surface area contributed by atoms with Crippen LogP contribution in [0.25, 0.3) is 0 Å². The largest absolute Gasteiger partial charge is 0.507 e. The summed E-state index contributed by atoms with van der Waals surface area (Å²) in [5.74, 6) is 0.143. The minimum absolute atomic E-state index is 0.143. The fraction of sp³-hybridized carbons (Fsp3) is 0.231. The molecular formula is C13H17O4P. The molecule has 18 heavy (non-hydrogen) atoms. The Labute approximate surface area is 106 Å². The molecule has 1 aromatic rings. The molecule has 0 radical (unpaired) electrons. The molecule has 0 heterocycles. The molecular weight excluding hydrogens is 251 g/mol. The Morgan fingerprint density at radius 1 is 1.11 bits per heavy atom. The van der Waals surface area contributed by atoms with Crippen molar-refractivity contribution in [1.82, 2.24) is 0 Å². The lowest BCUT2D eigenvalue weighted by Crippen LogP contribution is -1.95. The molecule has 0 amide bonds. The van der Waals surface area contributed by atoms with Gasteiger partial charge in [-0.3, -0.25) is 4.57 Å². The lowest BCUT2D eigenvalue weighted by atomic mass is 10.0. The number of rotatable bonds is 6. The van der Waals surface area contributed by atoms with Crippen LogP contribution in [0, 0.1) is 0 Å². The molecule has 0 aromatic heterocycles. The number of aromatic hydroxyl groups is 1. The maximum absolute atomic E-state index is 11.0. The van der Waals surface area contributed by atoms with Gasteiger partial charge in [0.15, 0.2) is 0 Å². The quantitative estimate of drug-likeness (QED) is 0.547. The first kappa shape index (κ1) is 14.7. The van der Waals surface area contributed by atoms with Crippen LogP contribution in [0.15, 0.2) is 37.4 Å². The lowest BCUT2D eigenvalue weighted by Gasteiger charge is -2.12. The van der Waals surface area contributed by atoms with Gasteiger partial charge in [0, 0.05) is 0 Å². The SMILES string of the molecule is C=CCc1cc(CP(=O)(O)O)cc(CC=C)c1O. The van der Waals surface area contributed by atoms with Gasteiger partial charge in [-0.1, -0.05) is 24.3 Å². The summed E-state index contributed by atoms with van der Waals surface area (Å²) in [4.78, 5) is 18.0. The van der Waals surface area contributed by atoms with Crippen LogP contribution in [0.1, 0.15) is 16.7 Å². The van der Waals surface area contributed by atoms with Gasteiger partial charge < -0.3 is 14.9 Å². The van der Waals surface area contributed by atoms with Crippen LogP contribution in [0.4, 0.5) is 0 Å². The normalized spacial score (nSPS) is 11.2. The van der Waals surface area contributed by atoms with Crippen molar-refractivity contribution < 1.29 is 19.5 Å². The van der Waals surface area contributed by atoms with E-state index >= 15 is 0 Å². The number of phenols is 1.